The van der Waals surface area contributed by atoms with E-state index in [-0.39, 0.29) is 17.1 Å². The van der Waals surface area contributed by atoms with Crippen molar-refractivity contribution in [2.45, 2.75) is 27.1 Å². The Kier molecular flexibility index (Phi) is 2.64. The van der Waals surface area contributed by atoms with E-state index in [0.717, 1.165) is 0 Å². The molecule has 1 aromatic rings. The van der Waals surface area contributed by atoms with Crippen molar-refractivity contribution < 1.29 is 17.9 Å². The summed E-state index contributed by atoms with van der Waals surface area (Å²) in [6.07, 6.45) is -4.70. The van der Waals surface area contributed by atoms with Gasteiger partial charge in [0.2, 0.25) is 0 Å². The number of aryl methyl sites for hydroxylation is 3. The van der Waals surface area contributed by atoms with Crippen LogP contribution in [-0.4, -0.2) is 16.3 Å². The summed E-state index contributed by atoms with van der Waals surface area (Å²) < 4.78 is 39.6. The lowest BCUT2D eigenvalue weighted by molar-refractivity contribution is -0.275. The molecule has 0 aliphatic heterocycles. The molecule has 0 fully saturated rings. The minimum absolute atomic E-state index is 0.187. The summed E-state index contributed by atoms with van der Waals surface area (Å²) in [5, 5.41) is 0. The highest BCUT2D eigenvalue weighted by Crippen LogP contribution is 2.27. The molecule has 78 valence electrons. The highest BCUT2D eigenvalue weighted by atomic mass is 19.4. The summed E-state index contributed by atoms with van der Waals surface area (Å²) >= 11 is 0. The van der Waals surface area contributed by atoms with Crippen molar-refractivity contribution in [1.29, 1.82) is 0 Å². The van der Waals surface area contributed by atoms with Crippen LogP contribution in [0.3, 0.4) is 0 Å². The number of rotatable bonds is 1. The summed E-state index contributed by atoms with van der Waals surface area (Å²) in [5.41, 5.74) is 0.375. The van der Waals surface area contributed by atoms with E-state index in [9.17, 15) is 13.2 Å². The van der Waals surface area contributed by atoms with Crippen LogP contribution in [0.25, 0.3) is 0 Å². The maximum atomic E-state index is 11.9. The molecule has 14 heavy (non-hydrogen) atoms. The van der Waals surface area contributed by atoms with Crippen LogP contribution in [0.4, 0.5) is 13.2 Å². The second-order valence-electron chi connectivity index (χ2n) is 2.82. The molecule has 0 aliphatic rings. The van der Waals surface area contributed by atoms with E-state index in [2.05, 4.69) is 14.7 Å². The monoisotopic (exact) mass is 206 g/mol. The van der Waals surface area contributed by atoms with Crippen molar-refractivity contribution >= 4 is 0 Å². The predicted molar refractivity (Wildman–Crippen MR) is 42.9 cm³/mol. The van der Waals surface area contributed by atoms with Gasteiger partial charge in [0.05, 0.1) is 11.4 Å². The van der Waals surface area contributed by atoms with E-state index in [1.165, 1.54) is 13.8 Å². The second kappa shape index (κ2) is 3.43. The molecule has 0 N–H and O–H groups in total. The Morgan fingerprint density at radius 3 is 1.79 bits per heavy atom. The Morgan fingerprint density at radius 2 is 1.43 bits per heavy atom. The van der Waals surface area contributed by atoms with E-state index in [4.69, 9.17) is 0 Å². The molecular formula is C8H9F3N2O. The molecule has 0 saturated heterocycles. The van der Waals surface area contributed by atoms with Crippen LogP contribution >= 0.6 is 0 Å². The van der Waals surface area contributed by atoms with Crippen molar-refractivity contribution in [3.05, 3.63) is 17.2 Å². The maximum absolute atomic E-state index is 11.9. The zero-order chi connectivity index (χ0) is 10.9. The van der Waals surface area contributed by atoms with Crippen LogP contribution < -0.4 is 4.74 Å². The quantitative estimate of drug-likeness (QED) is 0.707. The zero-order valence-corrected chi connectivity index (χ0v) is 7.94. The summed E-state index contributed by atoms with van der Waals surface area (Å²) in [6.45, 7) is 4.50. The Morgan fingerprint density at radius 1 is 1.00 bits per heavy atom. The summed E-state index contributed by atoms with van der Waals surface area (Å²) in [7, 11) is 0. The summed E-state index contributed by atoms with van der Waals surface area (Å²) in [4.78, 5) is 7.56. The number of nitrogens with zero attached hydrogens (tertiary/aromatic N) is 2. The van der Waals surface area contributed by atoms with Crippen LogP contribution in [-0.2, 0) is 0 Å². The Bertz CT molecular complexity index is 326. The van der Waals surface area contributed by atoms with E-state index in [1.807, 2.05) is 0 Å². The van der Waals surface area contributed by atoms with Crippen molar-refractivity contribution in [3.8, 4) is 5.75 Å². The third-order valence-electron chi connectivity index (χ3n) is 1.53. The van der Waals surface area contributed by atoms with E-state index < -0.39 is 6.36 Å². The van der Waals surface area contributed by atoms with Crippen LogP contribution in [0.1, 0.15) is 17.2 Å². The third kappa shape index (κ3) is 2.58. The molecular weight excluding hydrogens is 197 g/mol. The average Bonchev–Trinajstić information content (AvgIpc) is 1.95. The van der Waals surface area contributed by atoms with E-state index >= 15 is 0 Å². The SMILES string of the molecule is Cc1nc(C)c(OC(F)(F)F)c(C)n1. The molecule has 0 saturated carbocycles. The second-order valence-corrected chi connectivity index (χ2v) is 2.82. The maximum Gasteiger partial charge on any atom is 0.573 e. The van der Waals surface area contributed by atoms with Crippen molar-refractivity contribution in [3.63, 3.8) is 0 Å². The van der Waals surface area contributed by atoms with Crippen molar-refractivity contribution in [2.24, 2.45) is 0 Å². The fourth-order valence-electron chi connectivity index (χ4n) is 1.14. The molecule has 0 aliphatic carbocycles. The van der Waals surface area contributed by atoms with Gasteiger partial charge in [-0.1, -0.05) is 0 Å². The first-order valence-electron chi connectivity index (χ1n) is 3.87. The number of hydrogen-bond donors (Lipinski definition) is 0. The zero-order valence-electron chi connectivity index (χ0n) is 7.94. The molecule has 6 heteroatoms. The van der Waals surface area contributed by atoms with Gasteiger partial charge in [0.15, 0.2) is 5.75 Å². The van der Waals surface area contributed by atoms with Gasteiger partial charge in [-0.15, -0.1) is 13.2 Å². The van der Waals surface area contributed by atoms with Gasteiger partial charge in [0, 0.05) is 0 Å². The normalized spacial score (nSPS) is 11.6. The molecule has 3 nitrogen and oxygen atoms in total. The number of aromatic nitrogens is 2. The van der Waals surface area contributed by atoms with E-state index in [0.29, 0.717) is 5.82 Å². The van der Waals surface area contributed by atoms with Gasteiger partial charge in [-0.05, 0) is 20.8 Å². The first-order chi connectivity index (χ1) is 6.29. The molecule has 0 atom stereocenters. The standard InChI is InChI=1S/C8H9F3N2O/c1-4-7(14-8(9,10)11)5(2)13-6(3)12-4/h1-3H3. The largest absolute Gasteiger partial charge is 0.573 e. The van der Waals surface area contributed by atoms with Crippen LogP contribution in [0.5, 0.6) is 5.75 Å². The lowest BCUT2D eigenvalue weighted by atomic mass is 10.3. The minimum atomic E-state index is -4.70. The van der Waals surface area contributed by atoms with Crippen LogP contribution in [0.15, 0.2) is 0 Å². The molecule has 0 spiro atoms. The fraction of sp³-hybridized carbons (Fsp3) is 0.500. The minimum Gasteiger partial charge on any atom is -0.402 e. The Hall–Kier alpha value is -1.33. The number of alkyl halides is 3. The predicted octanol–water partition coefficient (Wildman–Crippen LogP) is 2.30. The van der Waals surface area contributed by atoms with Gasteiger partial charge < -0.3 is 4.74 Å². The van der Waals surface area contributed by atoms with Crippen molar-refractivity contribution in [1.82, 2.24) is 9.97 Å². The molecule has 0 bridgehead atoms. The van der Waals surface area contributed by atoms with Gasteiger partial charge in [-0.3, -0.25) is 0 Å². The fourth-order valence-corrected chi connectivity index (χ4v) is 1.14. The smallest absolute Gasteiger partial charge is 0.402 e. The lowest BCUT2D eigenvalue weighted by Crippen LogP contribution is -2.19. The van der Waals surface area contributed by atoms with Gasteiger partial charge in [0.25, 0.3) is 0 Å². The topological polar surface area (TPSA) is 35.0 Å². The van der Waals surface area contributed by atoms with Crippen molar-refractivity contribution in [2.75, 3.05) is 0 Å². The Labute approximate surface area is 78.9 Å². The summed E-state index contributed by atoms with van der Waals surface area (Å²) in [5.74, 6) is 0.109. The number of ether oxygens (including phenoxy) is 1. The Balaban J connectivity index is 3.09. The van der Waals surface area contributed by atoms with E-state index in [1.54, 1.807) is 6.92 Å². The average molecular weight is 206 g/mol. The highest BCUT2D eigenvalue weighted by Gasteiger charge is 2.33. The molecule has 1 heterocycles. The molecule has 0 radical (unpaired) electrons. The molecule has 0 aromatic carbocycles. The first kappa shape index (κ1) is 10.7. The van der Waals surface area contributed by atoms with Crippen LogP contribution in [0, 0.1) is 20.8 Å². The third-order valence-corrected chi connectivity index (χ3v) is 1.53. The van der Waals surface area contributed by atoms with Gasteiger partial charge in [-0.25, -0.2) is 9.97 Å². The highest BCUT2D eigenvalue weighted by molar-refractivity contribution is 5.31. The van der Waals surface area contributed by atoms with Crippen LogP contribution in [0.2, 0.25) is 0 Å². The molecule has 1 aromatic heterocycles. The first-order valence-corrected chi connectivity index (χ1v) is 3.87. The molecule has 0 amide bonds. The number of hydrogen-bond acceptors (Lipinski definition) is 3. The van der Waals surface area contributed by atoms with Gasteiger partial charge in [0.1, 0.15) is 5.82 Å². The number of halogens is 3. The lowest BCUT2D eigenvalue weighted by Gasteiger charge is -2.12. The molecule has 0 unspecified atom stereocenters. The molecule has 1 rings (SSSR count). The summed E-state index contributed by atoms with van der Waals surface area (Å²) in [6, 6.07) is 0. The van der Waals surface area contributed by atoms with Gasteiger partial charge in [-0.2, -0.15) is 0 Å². The van der Waals surface area contributed by atoms with Gasteiger partial charge >= 0.3 is 6.36 Å².